The summed E-state index contributed by atoms with van der Waals surface area (Å²) in [7, 11) is 1.22. The van der Waals surface area contributed by atoms with Crippen molar-refractivity contribution in [3.05, 3.63) is 11.1 Å². The number of aromatic nitrogens is 1. The quantitative estimate of drug-likeness (QED) is 0.641. The van der Waals surface area contributed by atoms with Crippen LogP contribution >= 0.6 is 23.6 Å². The van der Waals surface area contributed by atoms with Gasteiger partial charge in [-0.15, -0.1) is 11.3 Å². The number of alkyl carbamates (subject to hydrolysis) is 1. The van der Waals surface area contributed by atoms with E-state index in [4.69, 9.17) is 17.0 Å². The highest BCUT2D eigenvalue weighted by molar-refractivity contribution is 7.80. The van der Waals surface area contributed by atoms with Gasteiger partial charge >= 0.3 is 12.1 Å². The van der Waals surface area contributed by atoms with E-state index in [1.54, 1.807) is 6.92 Å². The van der Waals surface area contributed by atoms with Gasteiger partial charge in [0.2, 0.25) is 0 Å². The summed E-state index contributed by atoms with van der Waals surface area (Å²) in [5, 5.41) is 6.83. The molecule has 0 aliphatic heterocycles. The van der Waals surface area contributed by atoms with Gasteiger partial charge in [-0.2, -0.15) is 0 Å². The van der Waals surface area contributed by atoms with Crippen molar-refractivity contribution in [2.24, 2.45) is 0 Å². The van der Waals surface area contributed by atoms with Crippen LogP contribution in [0.4, 0.5) is 9.93 Å². The van der Waals surface area contributed by atoms with E-state index in [9.17, 15) is 9.59 Å². The second-order valence-corrected chi connectivity index (χ2v) is 4.10. The monoisotopic (exact) mass is 289 g/mol. The van der Waals surface area contributed by atoms with Crippen LogP contribution in [0.1, 0.15) is 17.4 Å². The van der Waals surface area contributed by atoms with Crippen LogP contribution in [0.5, 0.6) is 0 Å². The van der Waals surface area contributed by atoms with Gasteiger partial charge in [-0.05, 0) is 19.1 Å². The first-order valence-electron chi connectivity index (χ1n) is 4.85. The van der Waals surface area contributed by atoms with E-state index in [0.717, 1.165) is 11.3 Å². The van der Waals surface area contributed by atoms with Crippen molar-refractivity contribution in [3.8, 4) is 0 Å². The number of anilines is 1. The maximum absolute atomic E-state index is 11.3. The van der Waals surface area contributed by atoms with E-state index in [1.807, 2.05) is 0 Å². The fraction of sp³-hybridized carbons (Fsp3) is 0.333. The van der Waals surface area contributed by atoms with Crippen molar-refractivity contribution < 1.29 is 19.1 Å². The number of hydrogen-bond donors (Lipinski definition) is 2. The minimum absolute atomic E-state index is 0.0339. The number of carbonyl (C=O) groups is 2. The molecule has 1 aromatic heterocycles. The molecule has 0 aromatic carbocycles. The van der Waals surface area contributed by atoms with Gasteiger partial charge in [0.15, 0.2) is 15.9 Å². The number of ether oxygens (including phenoxy) is 2. The van der Waals surface area contributed by atoms with Gasteiger partial charge < -0.3 is 14.8 Å². The van der Waals surface area contributed by atoms with Gasteiger partial charge in [0.25, 0.3) is 0 Å². The maximum Gasteiger partial charge on any atom is 0.413 e. The van der Waals surface area contributed by atoms with E-state index in [1.165, 1.54) is 12.5 Å². The van der Waals surface area contributed by atoms with Crippen molar-refractivity contribution in [1.82, 2.24) is 10.3 Å². The standard InChI is InChI=1S/C9H11N3O4S2/c1-3-16-6(13)5-4-18-8(10-5)11-7(17)12-9(14)15-2/h4H,3H2,1-2H3,(H2,10,11,12,14,17). The average Bonchev–Trinajstić information content (AvgIpc) is 2.77. The molecule has 18 heavy (non-hydrogen) atoms. The summed E-state index contributed by atoms with van der Waals surface area (Å²) in [6.45, 7) is 1.99. The number of amides is 1. The molecule has 1 aromatic rings. The van der Waals surface area contributed by atoms with Gasteiger partial charge in [0.05, 0.1) is 13.7 Å². The lowest BCUT2D eigenvalue weighted by Gasteiger charge is -2.04. The Balaban J connectivity index is 2.56. The highest BCUT2D eigenvalue weighted by Crippen LogP contribution is 2.15. The van der Waals surface area contributed by atoms with Gasteiger partial charge in [0, 0.05) is 5.38 Å². The largest absolute Gasteiger partial charge is 0.461 e. The summed E-state index contributed by atoms with van der Waals surface area (Å²) >= 11 is 6.00. The summed E-state index contributed by atoms with van der Waals surface area (Å²) in [5.74, 6) is -0.506. The van der Waals surface area contributed by atoms with Gasteiger partial charge in [-0.1, -0.05) is 0 Å². The van der Waals surface area contributed by atoms with E-state index < -0.39 is 12.1 Å². The zero-order valence-corrected chi connectivity index (χ0v) is 11.3. The lowest BCUT2D eigenvalue weighted by molar-refractivity contribution is 0.0520. The molecule has 0 saturated heterocycles. The van der Waals surface area contributed by atoms with Crippen LogP contribution in [0.3, 0.4) is 0 Å². The fourth-order valence-corrected chi connectivity index (χ4v) is 1.83. The third-order valence-corrected chi connectivity index (χ3v) is 2.57. The lowest BCUT2D eigenvalue weighted by atomic mass is 10.5. The normalized spacial score (nSPS) is 9.44. The zero-order valence-electron chi connectivity index (χ0n) is 9.68. The van der Waals surface area contributed by atoms with Gasteiger partial charge in [-0.3, -0.25) is 5.32 Å². The van der Waals surface area contributed by atoms with Gasteiger partial charge in [-0.25, -0.2) is 14.6 Å². The molecule has 9 heteroatoms. The molecule has 0 fully saturated rings. The SMILES string of the molecule is CCOC(=O)c1csc(NC(=S)NC(=O)OC)n1. The molecule has 1 heterocycles. The van der Waals surface area contributed by atoms with E-state index in [2.05, 4.69) is 20.4 Å². The second-order valence-electron chi connectivity index (χ2n) is 2.83. The first-order valence-corrected chi connectivity index (χ1v) is 6.14. The molecule has 1 rings (SSSR count). The molecule has 0 bridgehead atoms. The molecule has 2 N–H and O–H groups in total. The molecule has 0 aliphatic rings. The maximum atomic E-state index is 11.3. The summed E-state index contributed by atoms with van der Waals surface area (Å²) in [6.07, 6.45) is -0.685. The number of carbonyl (C=O) groups excluding carboxylic acids is 2. The molecule has 7 nitrogen and oxygen atoms in total. The van der Waals surface area contributed by atoms with Crippen LogP contribution in [0, 0.1) is 0 Å². The zero-order chi connectivity index (χ0) is 13.5. The van der Waals surface area contributed by atoms with Crippen molar-refractivity contribution >= 4 is 45.9 Å². The minimum Gasteiger partial charge on any atom is -0.461 e. The third kappa shape index (κ3) is 4.26. The topological polar surface area (TPSA) is 89.6 Å². The number of nitrogens with zero attached hydrogens (tertiary/aromatic N) is 1. The fourth-order valence-electron chi connectivity index (χ4n) is 0.902. The molecule has 1 amide bonds. The number of rotatable bonds is 3. The number of hydrogen-bond acceptors (Lipinski definition) is 7. The van der Waals surface area contributed by atoms with E-state index in [0.29, 0.717) is 5.13 Å². The predicted molar refractivity (Wildman–Crippen MR) is 69.8 cm³/mol. The first-order chi connectivity index (χ1) is 8.56. The molecular weight excluding hydrogens is 278 g/mol. The smallest absolute Gasteiger partial charge is 0.413 e. The lowest BCUT2D eigenvalue weighted by Crippen LogP contribution is -2.33. The Morgan fingerprint density at radius 1 is 1.56 bits per heavy atom. The summed E-state index contributed by atoms with van der Waals surface area (Å²) < 4.78 is 9.15. The van der Waals surface area contributed by atoms with Crippen LogP contribution < -0.4 is 10.6 Å². The molecular formula is C9H11N3O4S2. The summed E-state index contributed by atoms with van der Waals surface area (Å²) in [6, 6.07) is 0. The first kappa shape index (κ1) is 14.3. The van der Waals surface area contributed by atoms with E-state index in [-0.39, 0.29) is 17.4 Å². The average molecular weight is 289 g/mol. The van der Waals surface area contributed by atoms with Crippen LogP contribution in [0.15, 0.2) is 5.38 Å². The van der Waals surface area contributed by atoms with Crippen LogP contribution in [-0.4, -0.2) is 35.9 Å². The summed E-state index contributed by atoms with van der Waals surface area (Å²) in [5.41, 5.74) is 0.185. The Kier molecular flexibility index (Phi) is 5.46. The molecule has 0 saturated carbocycles. The molecule has 0 spiro atoms. The Labute approximate surface area is 112 Å². The third-order valence-electron chi connectivity index (χ3n) is 1.61. The molecule has 0 atom stereocenters. The minimum atomic E-state index is -0.685. The molecule has 0 radical (unpaired) electrons. The Morgan fingerprint density at radius 2 is 2.28 bits per heavy atom. The van der Waals surface area contributed by atoms with Gasteiger partial charge in [0.1, 0.15) is 0 Å². The van der Waals surface area contributed by atoms with Crippen LogP contribution in [0.2, 0.25) is 0 Å². The van der Waals surface area contributed by atoms with Crippen molar-refractivity contribution in [1.29, 1.82) is 0 Å². The number of esters is 1. The molecule has 0 aliphatic carbocycles. The highest BCUT2D eigenvalue weighted by atomic mass is 32.1. The number of thiazole rings is 1. The molecule has 0 unspecified atom stereocenters. The van der Waals surface area contributed by atoms with Crippen molar-refractivity contribution in [2.45, 2.75) is 6.92 Å². The van der Waals surface area contributed by atoms with Crippen LogP contribution in [0.25, 0.3) is 0 Å². The second kappa shape index (κ2) is 6.87. The summed E-state index contributed by atoms with van der Waals surface area (Å²) in [4.78, 5) is 26.2. The molecule has 98 valence electrons. The Bertz CT molecular complexity index is 460. The van der Waals surface area contributed by atoms with Crippen molar-refractivity contribution in [3.63, 3.8) is 0 Å². The predicted octanol–water partition coefficient (Wildman–Crippen LogP) is 1.37. The number of nitrogens with one attached hydrogen (secondary N) is 2. The van der Waals surface area contributed by atoms with E-state index >= 15 is 0 Å². The number of methoxy groups -OCH3 is 1. The Hall–Kier alpha value is -1.74. The van der Waals surface area contributed by atoms with Crippen molar-refractivity contribution in [2.75, 3.05) is 19.0 Å². The van der Waals surface area contributed by atoms with Crippen LogP contribution in [-0.2, 0) is 9.47 Å². The number of thiocarbonyl (C=S) groups is 1. The highest BCUT2D eigenvalue weighted by Gasteiger charge is 2.12. The Morgan fingerprint density at radius 3 is 2.89 bits per heavy atom.